The molecule has 0 spiro atoms. The number of likely N-dealkylation sites (N-methyl/N-ethyl adjacent to an activating group) is 1. The third kappa shape index (κ3) is 8.97. The predicted molar refractivity (Wildman–Crippen MR) is 77.1 cm³/mol. The van der Waals surface area contributed by atoms with Gasteiger partial charge in [0, 0.05) is 40.3 Å². The lowest BCUT2D eigenvalue weighted by Crippen LogP contribution is -2.38. The molecule has 0 saturated carbocycles. The van der Waals surface area contributed by atoms with Crippen LogP contribution >= 0.6 is 0 Å². The number of rotatable bonds is 11. The molecule has 0 aromatic carbocycles. The molecule has 0 bridgehead atoms. The standard InChI is InChI=1S/C14H30N2O3/c1-6-10-16(12-13(17)15(4)5)11-9-14(18-7-2)19-8-3/h14H,6-12H2,1-5H3. The summed E-state index contributed by atoms with van der Waals surface area (Å²) in [4.78, 5) is 15.5. The predicted octanol–water partition coefficient (Wildman–Crippen LogP) is 1.58. The van der Waals surface area contributed by atoms with Gasteiger partial charge in [0.2, 0.25) is 5.91 Å². The summed E-state index contributed by atoms with van der Waals surface area (Å²) in [5, 5.41) is 0. The number of hydrogen-bond donors (Lipinski definition) is 0. The van der Waals surface area contributed by atoms with E-state index in [1.165, 1.54) is 0 Å². The fourth-order valence-corrected chi connectivity index (χ4v) is 1.79. The monoisotopic (exact) mass is 274 g/mol. The fourth-order valence-electron chi connectivity index (χ4n) is 1.79. The number of carbonyl (C=O) groups is 1. The Morgan fingerprint density at radius 1 is 1.05 bits per heavy atom. The quantitative estimate of drug-likeness (QED) is 0.536. The lowest BCUT2D eigenvalue weighted by atomic mass is 10.3. The second kappa shape index (κ2) is 11.2. The van der Waals surface area contributed by atoms with Crippen molar-refractivity contribution in [3.05, 3.63) is 0 Å². The molecule has 0 aliphatic carbocycles. The van der Waals surface area contributed by atoms with E-state index in [1.807, 2.05) is 13.8 Å². The zero-order valence-corrected chi connectivity index (χ0v) is 13.1. The van der Waals surface area contributed by atoms with Crippen LogP contribution in [-0.2, 0) is 14.3 Å². The van der Waals surface area contributed by atoms with E-state index in [0.717, 1.165) is 25.9 Å². The third-order valence-electron chi connectivity index (χ3n) is 2.78. The Hall–Kier alpha value is -0.650. The van der Waals surface area contributed by atoms with E-state index in [1.54, 1.807) is 19.0 Å². The van der Waals surface area contributed by atoms with Gasteiger partial charge in [0.1, 0.15) is 0 Å². The Morgan fingerprint density at radius 3 is 2.05 bits per heavy atom. The highest BCUT2D eigenvalue weighted by atomic mass is 16.7. The van der Waals surface area contributed by atoms with Crippen molar-refractivity contribution >= 4 is 5.91 Å². The zero-order chi connectivity index (χ0) is 14.7. The van der Waals surface area contributed by atoms with Crippen LogP contribution in [0.15, 0.2) is 0 Å². The number of hydrogen-bond acceptors (Lipinski definition) is 4. The van der Waals surface area contributed by atoms with E-state index in [9.17, 15) is 4.79 Å². The van der Waals surface area contributed by atoms with Gasteiger partial charge in [0.15, 0.2) is 6.29 Å². The topological polar surface area (TPSA) is 42.0 Å². The smallest absolute Gasteiger partial charge is 0.236 e. The van der Waals surface area contributed by atoms with Crippen molar-refractivity contribution in [2.45, 2.75) is 39.9 Å². The van der Waals surface area contributed by atoms with E-state index in [-0.39, 0.29) is 12.2 Å². The number of nitrogens with zero attached hydrogens (tertiary/aromatic N) is 2. The molecule has 5 nitrogen and oxygen atoms in total. The molecule has 0 radical (unpaired) electrons. The molecule has 114 valence electrons. The molecule has 0 atom stereocenters. The van der Waals surface area contributed by atoms with Crippen LogP contribution in [0.2, 0.25) is 0 Å². The van der Waals surface area contributed by atoms with Crippen molar-refractivity contribution < 1.29 is 14.3 Å². The number of ether oxygens (including phenoxy) is 2. The highest BCUT2D eigenvalue weighted by Crippen LogP contribution is 2.04. The van der Waals surface area contributed by atoms with Gasteiger partial charge in [-0.3, -0.25) is 9.69 Å². The molecule has 0 saturated heterocycles. The largest absolute Gasteiger partial charge is 0.353 e. The lowest BCUT2D eigenvalue weighted by Gasteiger charge is -2.25. The van der Waals surface area contributed by atoms with Crippen molar-refractivity contribution in [2.24, 2.45) is 0 Å². The Balaban J connectivity index is 4.20. The molecule has 19 heavy (non-hydrogen) atoms. The molecule has 0 aliphatic heterocycles. The number of carbonyl (C=O) groups excluding carboxylic acids is 1. The zero-order valence-electron chi connectivity index (χ0n) is 13.1. The molecule has 0 fully saturated rings. The molecule has 0 N–H and O–H groups in total. The van der Waals surface area contributed by atoms with Crippen LogP contribution in [0.3, 0.4) is 0 Å². The second-order valence-corrected chi connectivity index (χ2v) is 4.69. The normalized spacial score (nSPS) is 11.3. The molecule has 1 amide bonds. The second-order valence-electron chi connectivity index (χ2n) is 4.69. The maximum Gasteiger partial charge on any atom is 0.236 e. The van der Waals surface area contributed by atoms with Crippen LogP contribution in [0.5, 0.6) is 0 Å². The van der Waals surface area contributed by atoms with Gasteiger partial charge < -0.3 is 14.4 Å². The minimum absolute atomic E-state index is 0.137. The fraction of sp³-hybridized carbons (Fsp3) is 0.929. The summed E-state index contributed by atoms with van der Waals surface area (Å²) in [6, 6.07) is 0. The van der Waals surface area contributed by atoms with Crippen molar-refractivity contribution in [3.63, 3.8) is 0 Å². The summed E-state index contributed by atoms with van der Waals surface area (Å²) >= 11 is 0. The first-order valence-electron chi connectivity index (χ1n) is 7.20. The maximum absolute atomic E-state index is 11.7. The van der Waals surface area contributed by atoms with Crippen LogP contribution in [0.4, 0.5) is 0 Å². The Morgan fingerprint density at radius 2 is 1.63 bits per heavy atom. The average Bonchev–Trinajstić information content (AvgIpc) is 2.36. The Labute approximate surface area is 117 Å². The van der Waals surface area contributed by atoms with Gasteiger partial charge in [0.25, 0.3) is 0 Å². The molecular weight excluding hydrogens is 244 g/mol. The van der Waals surface area contributed by atoms with Gasteiger partial charge in [-0.1, -0.05) is 6.92 Å². The van der Waals surface area contributed by atoms with Gasteiger partial charge in [-0.05, 0) is 26.8 Å². The molecule has 0 aromatic rings. The van der Waals surface area contributed by atoms with Crippen LogP contribution in [-0.4, -0.2) is 68.9 Å². The van der Waals surface area contributed by atoms with Gasteiger partial charge in [-0.25, -0.2) is 0 Å². The van der Waals surface area contributed by atoms with Gasteiger partial charge in [-0.15, -0.1) is 0 Å². The van der Waals surface area contributed by atoms with E-state index >= 15 is 0 Å². The summed E-state index contributed by atoms with van der Waals surface area (Å²) in [5.74, 6) is 0.137. The Bertz CT molecular complexity index is 229. The molecule has 0 aliphatic rings. The molecule has 0 aromatic heterocycles. The van der Waals surface area contributed by atoms with E-state index in [0.29, 0.717) is 19.8 Å². The van der Waals surface area contributed by atoms with Crippen LogP contribution in [0, 0.1) is 0 Å². The van der Waals surface area contributed by atoms with Gasteiger partial charge >= 0.3 is 0 Å². The van der Waals surface area contributed by atoms with E-state index in [2.05, 4.69) is 11.8 Å². The van der Waals surface area contributed by atoms with Crippen molar-refractivity contribution in [1.29, 1.82) is 0 Å². The van der Waals surface area contributed by atoms with Crippen LogP contribution in [0.1, 0.15) is 33.6 Å². The molecule has 0 rings (SSSR count). The van der Waals surface area contributed by atoms with Crippen LogP contribution in [0.25, 0.3) is 0 Å². The van der Waals surface area contributed by atoms with Crippen molar-refractivity contribution in [1.82, 2.24) is 9.80 Å². The van der Waals surface area contributed by atoms with Crippen LogP contribution < -0.4 is 0 Å². The van der Waals surface area contributed by atoms with Gasteiger partial charge in [-0.2, -0.15) is 0 Å². The number of amides is 1. The summed E-state index contributed by atoms with van der Waals surface area (Å²) in [6.45, 7) is 9.55. The first kappa shape index (κ1) is 18.4. The SMILES string of the molecule is CCCN(CCC(OCC)OCC)CC(=O)N(C)C. The molecule has 0 heterocycles. The first-order valence-corrected chi connectivity index (χ1v) is 7.20. The summed E-state index contributed by atoms with van der Waals surface area (Å²) < 4.78 is 11.0. The van der Waals surface area contributed by atoms with Crippen molar-refractivity contribution in [3.8, 4) is 0 Å². The summed E-state index contributed by atoms with van der Waals surface area (Å²) in [7, 11) is 3.57. The highest BCUT2D eigenvalue weighted by Gasteiger charge is 2.14. The Kier molecular flexibility index (Phi) is 10.8. The van der Waals surface area contributed by atoms with E-state index in [4.69, 9.17) is 9.47 Å². The van der Waals surface area contributed by atoms with Crippen molar-refractivity contribution in [2.75, 3.05) is 46.9 Å². The third-order valence-corrected chi connectivity index (χ3v) is 2.78. The maximum atomic E-state index is 11.7. The molecule has 0 unspecified atom stereocenters. The lowest BCUT2D eigenvalue weighted by molar-refractivity contribution is -0.143. The minimum Gasteiger partial charge on any atom is -0.353 e. The highest BCUT2D eigenvalue weighted by molar-refractivity contribution is 5.77. The molecule has 5 heteroatoms. The average molecular weight is 274 g/mol. The van der Waals surface area contributed by atoms with Gasteiger partial charge in [0.05, 0.1) is 6.54 Å². The van der Waals surface area contributed by atoms with E-state index < -0.39 is 0 Å². The molecular formula is C14H30N2O3. The summed E-state index contributed by atoms with van der Waals surface area (Å²) in [5.41, 5.74) is 0. The summed E-state index contributed by atoms with van der Waals surface area (Å²) in [6.07, 6.45) is 1.67. The first-order chi connectivity index (χ1) is 9.04. The minimum atomic E-state index is -0.163.